The summed E-state index contributed by atoms with van der Waals surface area (Å²) in [6.07, 6.45) is 3.32. The first-order valence-corrected chi connectivity index (χ1v) is 8.85. The Kier molecular flexibility index (Phi) is 5.47. The Bertz CT molecular complexity index is 575. The number of rotatable bonds is 4. The zero-order valence-corrected chi connectivity index (χ0v) is 14.4. The van der Waals surface area contributed by atoms with E-state index in [1.807, 2.05) is 11.0 Å². The molecular weight excluding hydrogens is 337 g/mol. The van der Waals surface area contributed by atoms with E-state index in [0.29, 0.717) is 29.6 Å². The second kappa shape index (κ2) is 7.39. The topological polar surface area (TPSA) is 49.8 Å². The van der Waals surface area contributed by atoms with E-state index in [0.717, 1.165) is 24.8 Å². The maximum atomic E-state index is 12.8. The third-order valence-electron chi connectivity index (χ3n) is 4.79. The van der Waals surface area contributed by atoms with Crippen LogP contribution in [-0.4, -0.2) is 41.8 Å². The Balaban J connectivity index is 1.91. The summed E-state index contributed by atoms with van der Waals surface area (Å²) in [5, 5.41) is 10.3. The summed E-state index contributed by atoms with van der Waals surface area (Å²) in [6, 6.07) is 5.21. The van der Waals surface area contributed by atoms with Crippen molar-refractivity contribution in [1.29, 1.82) is 0 Å². The monoisotopic (exact) mass is 357 g/mol. The second-order valence-electron chi connectivity index (χ2n) is 6.20. The molecule has 0 aromatic heterocycles. The highest BCUT2D eigenvalue weighted by Crippen LogP contribution is 2.38. The normalized spacial score (nSPS) is 25.3. The number of hydrogen-bond acceptors (Lipinski definition) is 3. The highest BCUT2D eigenvalue weighted by Gasteiger charge is 2.39. The van der Waals surface area contributed by atoms with Crippen LogP contribution in [0.4, 0.5) is 0 Å². The fraction of sp³-hybridized carbons (Fsp3) is 0.588. The lowest BCUT2D eigenvalue weighted by molar-refractivity contribution is -0.155. The van der Waals surface area contributed by atoms with Gasteiger partial charge < -0.3 is 14.7 Å². The molecule has 23 heavy (non-hydrogen) atoms. The quantitative estimate of drug-likeness (QED) is 0.897. The van der Waals surface area contributed by atoms with Crippen LogP contribution >= 0.6 is 23.2 Å². The highest BCUT2D eigenvalue weighted by molar-refractivity contribution is 6.42. The van der Waals surface area contributed by atoms with E-state index < -0.39 is 0 Å². The first-order valence-electron chi connectivity index (χ1n) is 8.09. The number of morpholine rings is 1. The van der Waals surface area contributed by atoms with E-state index in [9.17, 15) is 9.90 Å². The molecule has 1 saturated heterocycles. The number of amides is 1. The zero-order valence-electron chi connectivity index (χ0n) is 12.9. The summed E-state index contributed by atoms with van der Waals surface area (Å²) in [6.45, 7) is 1.09. The van der Waals surface area contributed by atoms with Crippen molar-refractivity contribution in [3.8, 4) is 0 Å². The molecule has 2 fully saturated rings. The smallest absolute Gasteiger partial charge is 0.226 e. The molecular formula is C17H21Cl2NO3. The van der Waals surface area contributed by atoms with Crippen molar-refractivity contribution in [3.05, 3.63) is 33.8 Å². The Morgan fingerprint density at radius 1 is 1.30 bits per heavy atom. The van der Waals surface area contributed by atoms with Crippen LogP contribution in [0.3, 0.4) is 0 Å². The molecule has 126 valence electrons. The summed E-state index contributed by atoms with van der Waals surface area (Å²) >= 11 is 12.2. The van der Waals surface area contributed by atoms with E-state index in [-0.39, 0.29) is 30.6 Å². The van der Waals surface area contributed by atoms with Crippen molar-refractivity contribution >= 4 is 29.1 Å². The van der Waals surface area contributed by atoms with Crippen LogP contribution < -0.4 is 0 Å². The number of aliphatic hydroxyl groups is 1. The Morgan fingerprint density at radius 2 is 2.09 bits per heavy atom. The molecule has 1 aliphatic heterocycles. The molecule has 2 atom stereocenters. The van der Waals surface area contributed by atoms with E-state index >= 15 is 0 Å². The van der Waals surface area contributed by atoms with Gasteiger partial charge in [-0.3, -0.25) is 4.79 Å². The molecule has 1 aromatic carbocycles. The van der Waals surface area contributed by atoms with Gasteiger partial charge in [-0.2, -0.15) is 0 Å². The Hall–Kier alpha value is -0.810. The molecule has 1 N–H and O–H groups in total. The van der Waals surface area contributed by atoms with Crippen molar-refractivity contribution < 1.29 is 14.6 Å². The number of aliphatic hydroxyl groups excluding tert-OH is 1. The lowest BCUT2D eigenvalue weighted by atomic mass is 9.83. The van der Waals surface area contributed by atoms with E-state index in [1.165, 1.54) is 0 Å². The number of ether oxygens (including phenoxy) is 1. The first-order chi connectivity index (χ1) is 11.1. The zero-order chi connectivity index (χ0) is 16.4. The van der Waals surface area contributed by atoms with Gasteiger partial charge in [-0.25, -0.2) is 0 Å². The highest BCUT2D eigenvalue weighted by atomic mass is 35.5. The maximum absolute atomic E-state index is 12.8. The summed E-state index contributed by atoms with van der Waals surface area (Å²) in [7, 11) is 0. The van der Waals surface area contributed by atoms with Gasteiger partial charge in [0.25, 0.3) is 0 Å². The SMILES string of the molecule is O=C(C1CCC1)N1CCO[C@H](CCO)C1c1ccc(Cl)c(Cl)c1. The molecule has 1 unspecified atom stereocenters. The number of benzene rings is 1. The lowest BCUT2D eigenvalue weighted by Crippen LogP contribution is -2.51. The second-order valence-corrected chi connectivity index (χ2v) is 7.01. The minimum atomic E-state index is -0.227. The van der Waals surface area contributed by atoms with Crippen LogP contribution in [0.5, 0.6) is 0 Å². The average Bonchev–Trinajstić information content (AvgIpc) is 2.48. The minimum absolute atomic E-state index is 0.0218. The first kappa shape index (κ1) is 17.0. The van der Waals surface area contributed by atoms with Gasteiger partial charge >= 0.3 is 0 Å². The Labute approximate surface area is 146 Å². The van der Waals surface area contributed by atoms with E-state index in [1.54, 1.807) is 12.1 Å². The minimum Gasteiger partial charge on any atom is -0.396 e. The van der Waals surface area contributed by atoms with Crippen molar-refractivity contribution in [2.24, 2.45) is 5.92 Å². The number of carbonyl (C=O) groups is 1. The molecule has 0 bridgehead atoms. The van der Waals surface area contributed by atoms with Gasteiger partial charge in [0.1, 0.15) is 0 Å². The maximum Gasteiger partial charge on any atom is 0.226 e. The standard InChI is InChI=1S/C17H21Cl2NO3/c18-13-5-4-12(10-14(13)19)16-15(6-8-21)23-9-7-20(16)17(22)11-2-1-3-11/h4-5,10-11,15-16,21H,1-3,6-9H2/t15-,16?/m1/s1. The van der Waals surface area contributed by atoms with Crippen molar-refractivity contribution in [1.82, 2.24) is 4.90 Å². The molecule has 1 aliphatic carbocycles. The third kappa shape index (κ3) is 3.50. The largest absolute Gasteiger partial charge is 0.396 e. The van der Waals surface area contributed by atoms with Crippen LogP contribution in [0, 0.1) is 5.92 Å². The van der Waals surface area contributed by atoms with Crippen molar-refractivity contribution in [2.45, 2.75) is 37.8 Å². The van der Waals surface area contributed by atoms with Crippen LogP contribution in [0.1, 0.15) is 37.3 Å². The predicted molar refractivity (Wildman–Crippen MR) is 89.7 cm³/mol. The molecule has 6 heteroatoms. The van der Waals surface area contributed by atoms with Gasteiger partial charge in [-0.05, 0) is 37.0 Å². The van der Waals surface area contributed by atoms with Crippen molar-refractivity contribution in [2.75, 3.05) is 19.8 Å². The average molecular weight is 358 g/mol. The molecule has 4 nitrogen and oxygen atoms in total. The lowest BCUT2D eigenvalue weighted by Gasteiger charge is -2.44. The molecule has 0 spiro atoms. The molecule has 1 heterocycles. The Morgan fingerprint density at radius 3 is 2.70 bits per heavy atom. The number of hydrogen-bond donors (Lipinski definition) is 1. The molecule has 1 saturated carbocycles. The summed E-state index contributed by atoms with van der Waals surface area (Å²) in [5.74, 6) is 0.326. The van der Waals surface area contributed by atoms with Crippen LogP contribution in [0.2, 0.25) is 10.0 Å². The molecule has 3 rings (SSSR count). The van der Waals surface area contributed by atoms with Gasteiger partial charge in [0.05, 0.1) is 28.8 Å². The van der Waals surface area contributed by atoms with Crippen LogP contribution in [0.15, 0.2) is 18.2 Å². The van der Waals surface area contributed by atoms with Gasteiger partial charge in [-0.15, -0.1) is 0 Å². The fourth-order valence-electron chi connectivity index (χ4n) is 3.33. The van der Waals surface area contributed by atoms with E-state index in [2.05, 4.69) is 0 Å². The van der Waals surface area contributed by atoms with Gasteiger partial charge in [0.2, 0.25) is 5.91 Å². The van der Waals surface area contributed by atoms with Crippen molar-refractivity contribution in [3.63, 3.8) is 0 Å². The van der Waals surface area contributed by atoms with Crippen LogP contribution in [-0.2, 0) is 9.53 Å². The third-order valence-corrected chi connectivity index (χ3v) is 5.53. The number of nitrogens with zero attached hydrogens (tertiary/aromatic N) is 1. The summed E-state index contributed by atoms with van der Waals surface area (Å²) in [4.78, 5) is 14.7. The van der Waals surface area contributed by atoms with E-state index in [4.69, 9.17) is 27.9 Å². The number of halogens is 2. The number of carbonyl (C=O) groups excluding carboxylic acids is 1. The van der Waals surface area contributed by atoms with Gasteiger partial charge in [-0.1, -0.05) is 35.7 Å². The molecule has 0 radical (unpaired) electrons. The van der Waals surface area contributed by atoms with Crippen LogP contribution in [0.25, 0.3) is 0 Å². The summed E-state index contributed by atoms with van der Waals surface area (Å²) in [5.41, 5.74) is 0.908. The molecule has 1 amide bonds. The fourth-order valence-corrected chi connectivity index (χ4v) is 3.64. The van der Waals surface area contributed by atoms with Gasteiger partial charge in [0.15, 0.2) is 0 Å². The predicted octanol–water partition coefficient (Wildman–Crippen LogP) is 3.44. The molecule has 2 aliphatic rings. The summed E-state index contributed by atoms with van der Waals surface area (Å²) < 4.78 is 5.84. The molecule has 1 aromatic rings. The van der Waals surface area contributed by atoms with Gasteiger partial charge in [0, 0.05) is 19.1 Å².